The molecule has 8 nitrogen and oxygen atoms in total. The van der Waals surface area contributed by atoms with Gasteiger partial charge in [-0.05, 0) is 31.5 Å². The van der Waals surface area contributed by atoms with Crippen molar-refractivity contribution in [1.29, 1.82) is 0 Å². The average molecular weight is 410 g/mol. The van der Waals surface area contributed by atoms with Gasteiger partial charge in [-0.3, -0.25) is 4.68 Å². The number of carbonyl (C=O) groups excluding carboxylic acids is 1. The summed E-state index contributed by atoms with van der Waals surface area (Å²) in [5.41, 5.74) is 1.24. The molecule has 1 atom stereocenters. The van der Waals surface area contributed by atoms with E-state index in [1.165, 1.54) is 6.20 Å². The lowest BCUT2D eigenvalue weighted by molar-refractivity contribution is -0.159. The maximum atomic E-state index is 12.4. The summed E-state index contributed by atoms with van der Waals surface area (Å²) in [6, 6.07) is 6.71. The molecule has 0 aliphatic heterocycles. The van der Waals surface area contributed by atoms with Gasteiger partial charge >= 0.3 is 18.0 Å². The Balaban J connectivity index is 1.61. The minimum Gasteiger partial charge on any atom is -0.485 e. The molecule has 2 heterocycles. The van der Waals surface area contributed by atoms with Crippen molar-refractivity contribution in [2.24, 2.45) is 0 Å². The highest BCUT2D eigenvalue weighted by Crippen LogP contribution is 2.27. The second-order valence-corrected chi connectivity index (χ2v) is 5.98. The number of halogens is 3. The molecule has 154 valence electrons. The number of carbonyl (C=O) groups is 1. The standard InChI is InChI=1S/C18H17F3N4O4/c1-3-27-16(26)13-8-22-25(9-13)11(2)12-4-6-14(7-5-12)28-10-15-23-17(29-24-15)18(19,20)21/h4-9,11H,3,10H2,1-2H3. The summed E-state index contributed by atoms with van der Waals surface area (Å²) < 4.78 is 53.4. The van der Waals surface area contributed by atoms with Crippen molar-refractivity contribution in [3.05, 3.63) is 59.5 Å². The molecule has 3 rings (SSSR count). The number of esters is 1. The van der Waals surface area contributed by atoms with Gasteiger partial charge in [-0.2, -0.15) is 23.3 Å². The minimum absolute atomic E-state index is 0.168. The Bertz CT molecular complexity index is 966. The molecule has 2 aromatic heterocycles. The molecule has 1 unspecified atom stereocenters. The van der Waals surface area contributed by atoms with Crippen LogP contribution >= 0.6 is 0 Å². The first-order valence-corrected chi connectivity index (χ1v) is 8.61. The normalized spacial score (nSPS) is 12.6. The molecule has 0 N–H and O–H groups in total. The SMILES string of the molecule is CCOC(=O)c1cnn(C(C)c2ccc(OCc3noc(C(F)(F)F)n3)cc2)c1. The Hall–Kier alpha value is -3.37. The molecule has 0 fully saturated rings. The van der Waals surface area contributed by atoms with E-state index >= 15 is 0 Å². The summed E-state index contributed by atoms with van der Waals surface area (Å²) in [5.74, 6) is -1.64. The van der Waals surface area contributed by atoms with Gasteiger partial charge in [-0.15, -0.1) is 0 Å². The predicted octanol–water partition coefficient (Wildman–Crippen LogP) is 3.65. The van der Waals surface area contributed by atoms with Crippen molar-refractivity contribution in [3.8, 4) is 5.75 Å². The Morgan fingerprint density at radius 1 is 1.28 bits per heavy atom. The molecule has 0 bridgehead atoms. The van der Waals surface area contributed by atoms with Crippen LogP contribution in [0.5, 0.6) is 5.75 Å². The maximum Gasteiger partial charge on any atom is 0.471 e. The van der Waals surface area contributed by atoms with E-state index < -0.39 is 18.0 Å². The molecule has 29 heavy (non-hydrogen) atoms. The van der Waals surface area contributed by atoms with E-state index in [9.17, 15) is 18.0 Å². The van der Waals surface area contributed by atoms with Gasteiger partial charge in [0, 0.05) is 6.20 Å². The van der Waals surface area contributed by atoms with Gasteiger partial charge in [-0.25, -0.2) is 4.79 Å². The molecule has 3 aromatic rings. The molecule has 0 saturated heterocycles. The Labute approximate surface area is 163 Å². The van der Waals surface area contributed by atoms with Gasteiger partial charge in [0.2, 0.25) is 5.82 Å². The van der Waals surface area contributed by atoms with Crippen molar-refractivity contribution >= 4 is 5.97 Å². The van der Waals surface area contributed by atoms with Crippen LogP contribution in [0.4, 0.5) is 13.2 Å². The van der Waals surface area contributed by atoms with Crippen LogP contribution in [-0.2, 0) is 17.5 Å². The zero-order chi connectivity index (χ0) is 21.0. The largest absolute Gasteiger partial charge is 0.485 e. The molecule has 0 amide bonds. The summed E-state index contributed by atoms with van der Waals surface area (Å²) in [4.78, 5) is 15.0. The first kappa shape index (κ1) is 20.4. The van der Waals surface area contributed by atoms with E-state index in [1.807, 2.05) is 6.92 Å². The molecular formula is C18H17F3N4O4. The van der Waals surface area contributed by atoms with E-state index in [2.05, 4.69) is 19.8 Å². The van der Waals surface area contributed by atoms with Crippen LogP contribution < -0.4 is 4.74 Å². The lowest BCUT2D eigenvalue weighted by atomic mass is 10.1. The summed E-state index contributed by atoms with van der Waals surface area (Å²) >= 11 is 0. The lowest BCUT2D eigenvalue weighted by Gasteiger charge is -2.13. The number of ether oxygens (including phenoxy) is 2. The predicted molar refractivity (Wildman–Crippen MR) is 92.1 cm³/mol. The quantitative estimate of drug-likeness (QED) is 0.549. The summed E-state index contributed by atoms with van der Waals surface area (Å²) in [5, 5.41) is 7.41. The Kier molecular flexibility index (Phi) is 5.85. The summed E-state index contributed by atoms with van der Waals surface area (Å²) in [7, 11) is 0. The number of rotatable bonds is 7. The van der Waals surface area contributed by atoms with Gasteiger partial charge < -0.3 is 14.0 Å². The monoisotopic (exact) mass is 410 g/mol. The molecule has 0 aliphatic rings. The third kappa shape index (κ3) is 4.92. The number of hydrogen-bond acceptors (Lipinski definition) is 7. The smallest absolute Gasteiger partial charge is 0.471 e. The van der Waals surface area contributed by atoms with Crippen LogP contribution in [0.2, 0.25) is 0 Å². The first-order chi connectivity index (χ1) is 13.8. The Morgan fingerprint density at radius 3 is 2.62 bits per heavy atom. The molecular weight excluding hydrogens is 393 g/mol. The molecule has 0 aliphatic carbocycles. The van der Waals surface area contributed by atoms with Gasteiger partial charge in [0.15, 0.2) is 6.61 Å². The number of alkyl halides is 3. The van der Waals surface area contributed by atoms with Crippen LogP contribution in [0.1, 0.15) is 47.5 Å². The molecule has 0 saturated carbocycles. The summed E-state index contributed by atoms with van der Waals surface area (Å²) in [6.45, 7) is 3.64. The van der Waals surface area contributed by atoms with Crippen molar-refractivity contribution in [3.63, 3.8) is 0 Å². The van der Waals surface area contributed by atoms with Crippen molar-refractivity contribution in [2.45, 2.75) is 32.7 Å². The molecule has 0 spiro atoms. The van der Waals surface area contributed by atoms with E-state index in [0.29, 0.717) is 11.3 Å². The molecule has 11 heteroatoms. The molecule has 1 aromatic carbocycles. The van der Waals surface area contributed by atoms with Crippen LogP contribution in [0.3, 0.4) is 0 Å². The minimum atomic E-state index is -4.69. The number of nitrogens with zero attached hydrogens (tertiary/aromatic N) is 4. The maximum absolute atomic E-state index is 12.4. The Morgan fingerprint density at radius 2 is 2.00 bits per heavy atom. The number of hydrogen-bond donors (Lipinski definition) is 0. The van der Waals surface area contributed by atoms with Crippen LogP contribution in [0.25, 0.3) is 0 Å². The highest BCUT2D eigenvalue weighted by molar-refractivity contribution is 5.88. The second kappa shape index (κ2) is 8.33. The van der Waals surface area contributed by atoms with E-state index in [4.69, 9.17) is 9.47 Å². The van der Waals surface area contributed by atoms with E-state index in [-0.39, 0.29) is 25.1 Å². The molecule has 0 radical (unpaired) electrons. The number of aromatic nitrogens is 4. The van der Waals surface area contributed by atoms with Crippen molar-refractivity contribution in [1.82, 2.24) is 19.9 Å². The van der Waals surface area contributed by atoms with Crippen molar-refractivity contribution in [2.75, 3.05) is 6.61 Å². The van der Waals surface area contributed by atoms with E-state index in [0.717, 1.165) is 5.56 Å². The third-order valence-corrected chi connectivity index (χ3v) is 3.95. The van der Waals surface area contributed by atoms with Gasteiger partial charge in [0.25, 0.3) is 0 Å². The third-order valence-electron chi connectivity index (χ3n) is 3.95. The highest BCUT2D eigenvalue weighted by Gasteiger charge is 2.38. The average Bonchev–Trinajstić information content (AvgIpc) is 3.36. The van der Waals surface area contributed by atoms with Gasteiger partial charge in [0.05, 0.1) is 24.4 Å². The van der Waals surface area contributed by atoms with E-state index in [1.54, 1.807) is 42.1 Å². The lowest BCUT2D eigenvalue weighted by Crippen LogP contribution is -2.08. The summed E-state index contributed by atoms with van der Waals surface area (Å²) in [6.07, 6.45) is -1.66. The fourth-order valence-electron chi connectivity index (χ4n) is 2.44. The topological polar surface area (TPSA) is 92.3 Å². The first-order valence-electron chi connectivity index (χ1n) is 8.61. The van der Waals surface area contributed by atoms with Crippen LogP contribution in [0.15, 0.2) is 41.2 Å². The highest BCUT2D eigenvalue weighted by atomic mass is 19.4. The van der Waals surface area contributed by atoms with Crippen LogP contribution in [-0.4, -0.2) is 32.5 Å². The zero-order valence-electron chi connectivity index (χ0n) is 15.5. The fourth-order valence-corrected chi connectivity index (χ4v) is 2.44. The van der Waals surface area contributed by atoms with Crippen LogP contribution in [0, 0.1) is 0 Å². The van der Waals surface area contributed by atoms with Gasteiger partial charge in [-0.1, -0.05) is 17.3 Å². The second-order valence-electron chi connectivity index (χ2n) is 5.98. The van der Waals surface area contributed by atoms with Crippen molar-refractivity contribution < 1.29 is 32.0 Å². The number of benzene rings is 1. The zero-order valence-corrected chi connectivity index (χ0v) is 15.5. The fraction of sp³-hybridized carbons (Fsp3) is 0.333. The van der Waals surface area contributed by atoms with Gasteiger partial charge in [0.1, 0.15) is 5.75 Å².